The lowest BCUT2D eigenvalue weighted by molar-refractivity contribution is 0.332. The summed E-state index contributed by atoms with van der Waals surface area (Å²) in [5.41, 5.74) is 24.0. The van der Waals surface area contributed by atoms with Crippen LogP contribution in [-0.4, -0.2) is 6.71 Å². The van der Waals surface area contributed by atoms with Gasteiger partial charge in [-0.25, -0.2) is 0 Å². The minimum Gasteiger partial charge on any atom is -0.453 e. The number of fused-ring (bicyclic) bond motifs is 11. The topological polar surface area (TPSA) is 19.0 Å². The van der Waals surface area contributed by atoms with Crippen LogP contribution in [0.15, 0.2) is 127 Å². The number of ether oxygens (including phenoxy) is 1. The van der Waals surface area contributed by atoms with Crippen molar-refractivity contribution in [3.05, 3.63) is 166 Å². The number of benzene rings is 7. The number of nitrogens with zero attached hydrogens (tertiary/aromatic N) is 3. The van der Waals surface area contributed by atoms with Gasteiger partial charge in [0, 0.05) is 43.3 Å². The third-order valence-corrected chi connectivity index (χ3v) is 21.6. The standard InChI is InChI=1S/C72H78BN3OS/c1-66(2,3)43-24-29-55-54(36-43)73-63-58(74(55)44-25-27-48-50(37-44)69(8,9)32-30-67(48,4)5)39-46(75-56-20-16-18-22-60(56)77-61-23-19-17-21-57(61)75)40-59(63)76(45-26-28-49-51(38-45)70(10,11)33-31-68(49,6)7)64-47-41-52-53(42-62(47)78-65(64)73)72(14,15)35-34-71(52,12)13/h16-29,36-42H,30-35H2,1-15H3. The third-order valence-electron chi connectivity index (χ3n) is 20.4. The zero-order valence-corrected chi connectivity index (χ0v) is 49.9. The monoisotopic (exact) mass is 1040 g/mol. The van der Waals surface area contributed by atoms with Crippen LogP contribution in [0.2, 0.25) is 0 Å². The minimum atomic E-state index is -0.0605. The average molecular weight is 1040 g/mol. The lowest BCUT2D eigenvalue weighted by Crippen LogP contribution is -2.60. The second-order valence-electron chi connectivity index (χ2n) is 29.4. The molecule has 8 aromatic rings. The third kappa shape index (κ3) is 7.22. The smallest absolute Gasteiger partial charge is 0.264 e. The zero-order valence-electron chi connectivity index (χ0n) is 49.1. The lowest BCUT2D eigenvalue weighted by atomic mass is 9.36. The van der Waals surface area contributed by atoms with Gasteiger partial charge in [0.2, 0.25) is 0 Å². The van der Waals surface area contributed by atoms with Crippen molar-refractivity contribution < 1.29 is 4.74 Å². The molecule has 0 amide bonds. The van der Waals surface area contributed by atoms with Crippen LogP contribution in [-0.2, 0) is 37.9 Å². The van der Waals surface area contributed by atoms with Crippen LogP contribution in [0.3, 0.4) is 0 Å². The van der Waals surface area contributed by atoms with Gasteiger partial charge in [0.05, 0.1) is 22.7 Å². The largest absolute Gasteiger partial charge is 0.453 e. The zero-order chi connectivity index (χ0) is 54.6. The van der Waals surface area contributed by atoms with Crippen molar-refractivity contribution in [2.45, 2.75) is 180 Å². The van der Waals surface area contributed by atoms with Crippen LogP contribution in [0.5, 0.6) is 11.5 Å². The van der Waals surface area contributed by atoms with Gasteiger partial charge in [0.1, 0.15) is 0 Å². The van der Waals surface area contributed by atoms with Crippen molar-refractivity contribution in [3.63, 3.8) is 0 Å². The normalized spacial score (nSPS) is 20.0. The molecule has 0 N–H and O–H groups in total. The molecule has 0 spiro atoms. The van der Waals surface area contributed by atoms with Gasteiger partial charge in [-0.05, 0) is 205 Å². The number of thiophene rings is 1. The molecule has 7 aromatic carbocycles. The van der Waals surface area contributed by atoms with E-state index in [0.29, 0.717) is 0 Å². The molecule has 3 aliphatic carbocycles. The Morgan fingerprint density at radius 3 is 1.40 bits per heavy atom. The molecule has 0 saturated carbocycles. The predicted molar refractivity (Wildman–Crippen MR) is 335 cm³/mol. The first-order chi connectivity index (χ1) is 36.7. The highest BCUT2D eigenvalue weighted by molar-refractivity contribution is 7.33. The van der Waals surface area contributed by atoms with E-state index in [0.717, 1.165) is 41.4 Å². The number of anilines is 9. The molecule has 0 saturated heterocycles. The molecule has 0 fully saturated rings. The van der Waals surface area contributed by atoms with Crippen LogP contribution in [0.4, 0.5) is 51.2 Å². The van der Waals surface area contributed by atoms with Crippen molar-refractivity contribution in [1.29, 1.82) is 0 Å². The molecule has 6 heteroatoms. The summed E-state index contributed by atoms with van der Waals surface area (Å²) in [6, 6.07) is 50.3. The molecule has 6 aliphatic rings. The van der Waals surface area contributed by atoms with Gasteiger partial charge >= 0.3 is 0 Å². The maximum absolute atomic E-state index is 6.77. The highest BCUT2D eigenvalue weighted by Gasteiger charge is 2.49. The van der Waals surface area contributed by atoms with Crippen molar-refractivity contribution in [2.75, 3.05) is 14.7 Å². The van der Waals surface area contributed by atoms with Crippen LogP contribution >= 0.6 is 11.3 Å². The molecule has 4 heterocycles. The molecule has 0 bridgehead atoms. The summed E-state index contributed by atoms with van der Waals surface area (Å²) in [4.78, 5) is 7.91. The van der Waals surface area contributed by atoms with Crippen molar-refractivity contribution in [1.82, 2.24) is 0 Å². The molecule has 0 unspecified atom stereocenters. The first-order valence-electron chi connectivity index (χ1n) is 29.2. The molecule has 4 nitrogen and oxygen atoms in total. The van der Waals surface area contributed by atoms with E-state index in [-0.39, 0.29) is 44.6 Å². The second-order valence-corrected chi connectivity index (χ2v) is 30.5. The number of hydrogen-bond donors (Lipinski definition) is 0. The van der Waals surface area contributed by atoms with E-state index >= 15 is 0 Å². The van der Waals surface area contributed by atoms with Crippen LogP contribution < -0.4 is 35.1 Å². The van der Waals surface area contributed by atoms with Crippen LogP contribution in [0.1, 0.15) is 181 Å². The SMILES string of the molecule is CC(C)(C)c1ccc2c(c1)B1c3sc4cc5c(cc4c3N(c3ccc4c(c3)C(C)(C)CCC4(C)C)c3cc(N4c6ccccc6Oc6ccccc64)cc(c31)N2c1ccc2c(c1)C(C)(C)CCC2(C)C)C(C)(C)CCC5(C)C. The van der Waals surface area contributed by atoms with Crippen LogP contribution in [0.25, 0.3) is 10.1 Å². The molecule has 3 aliphatic heterocycles. The lowest BCUT2D eigenvalue weighted by Gasteiger charge is -2.46. The van der Waals surface area contributed by atoms with E-state index in [1.165, 1.54) is 125 Å². The summed E-state index contributed by atoms with van der Waals surface area (Å²) < 4.78 is 9.59. The first kappa shape index (κ1) is 50.0. The van der Waals surface area contributed by atoms with Crippen molar-refractivity contribution in [3.8, 4) is 11.5 Å². The number of hydrogen-bond acceptors (Lipinski definition) is 5. The summed E-state index contributed by atoms with van der Waals surface area (Å²) >= 11 is 2.06. The van der Waals surface area contributed by atoms with E-state index < -0.39 is 0 Å². The Morgan fingerprint density at radius 1 is 0.423 bits per heavy atom. The van der Waals surface area contributed by atoms with E-state index in [9.17, 15) is 0 Å². The molecular formula is C72H78BN3OS. The fraction of sp³-hybridized carbons (Fsp3) is 0.389. The van der Waals surface area contributed by atoms with Gasteiger partial charge in [-0.15, -0.1) is 11.3 Å². The number of rotatable bonds is 3. The van der Waals surface area contributed by atoms with Gasteiger partial charge in [-0.2, -0.15) is 0 Å². The summed E-state index contributed by atoms with van der Waals surface area (Å²) in [6.07, 6.45) is 7.01. The summed E-state index contributed by atoms with van der Waals surface area (Å²) in [5.74, 6) is 1.71. The molecule has 78 heavy (non-hydrogen) atoms. The second kappa shape index (κ2) is 16.2. The fourth-order valence-corrected chi connectivity index (χ4v) is 16.4. The highest BCUT2D eigenvalue weighted by Crippen LogP contribution is 2.58. The van der Waals surface area contributed by atoms with Gasteiger partial charge in [0.15, 0.2) is 11.5 Å². The molecule has 0 atom stereocenters. The molecule has 0 radical (unpaired) electrons. The molecule has 1 aromatic heterocycles. The Labute approximate surface area is 469 Å². The van der Waals surface area contributed by atoms with Gasteiger partial charge in [-0.3, -0.25) is 0 Å². The maximum Gasteiger partial charge on any atom is 0.264 e. The quantitative estimate of drug-likeness (QED) is 0.164. The Balaban J connectivity index is 1.15. The van der Waals surface area contributed by atoms with Gasteiger partial charge in [0.25, 0.3) is 6.71 Å². The predicted octanol–water partition coefficient (Wildman–Crippen LogP) is 18.9. The van der Waals surface area contributed by atoms with Gasteiger partial charge < -0.3 is 19.4 Å². The van der Waals surface area contributed by atoms with Crippen LogP contribution in [0, 0.1) is 0 Å². The Hall–Kier alpha value is -6.24. The fourth-order valence-electron chi connectivity index (χ4n) is 15.1. The van der Waals surface area contributed by atoms with E-state index in [1.807, 2.05) is 0 Å². The van der Waals surface area contributed by atoms with E-state index in [1.54, 1.807) is 0 Å². The minimum absolute atomic E-state index is 0.0177. The molecule has 396 valence electrons. The maximum atomic E-state index is 6.77. The highest BCUT2D eigenvalue weighted by atomic mass is 32.1. The van der Waals surface area contributed by atoms with Gasteiger partial charge in [-0.1, -0.05) is 152 Å². The number of para-hydroxylation sites is 4. The van der Waals surface area contributed by atoms with E-state index in [2.05, 4.69) is 257 Å². The van der Waals surface area contributed by atoms with E-state index in [4.69, 9.17) is 4.74 Å². The summed E-state index contributed by atoms with van der Waals surface area (Å²) in [5, 5.41) is 1.37. The summed E-state index contributed by atoms with van der Waals surface area (Å²) in [7, 11) is 0. The summed E-state index contributed by atoms with van der Waals surface area (Å²) in [6.45, 7) is 36.8. The Bertz CT molecular complexity index is 3830. The first-order valence-corrected chi connectivity index (χ1v) is 30.1. The van der Waals surface area contributed by atoms with Crippen molar-refractivity contribution >= 4 is 95.0 Å². The molecular weight excluding hydrogens is 966 g/mol. The average Bonchev–Trinajstić information content (AvgIpc) is 3.00. The Kier molecular flexibility index (Phi) is 10.4. The van der Waals surface area contributed by atoms with Crippen molar-refractivity contribution in [2.24, 2.45) is 0 Å². The Morgan fingerprint density at radius 2 is 0.872 bits per heavy atom. The molecule has 14 rings (SSSR count).